The van der Waals surface area contributed by atoms with E-state index in [1.54, 1.807) is 0 Å². The number of aromatic amines is 1. The Morgan fingerprint density at radius 2 is 1.85 bits per heavy atom. The van der Waals surface area contributed by atoms with Crippen LogP contribution in [0.5, 0.6) is 11.5 Å². The number of hydrogen-bond acceptors (Lipinski definition) is 5. The Bertz CT molecular complexity index is 856. The SMILES string of the molecule is CC(=O)c1c(C)[nH]c(C(=O)C(C)Sc2ccc3c(c2)OCCCO3)c1C. The molecule has 1 N–H and O–H groups in total. The van der Waals surface area contributed by atoms with Gasteiger partial charge in [-0.3, -0.25) is 9.59 Å². The molecule has 0 fully saturated rings. The van der Waals surface area contributed by atoms with Gasteiger partial charge in [0.05, 0.1) is 24.2 Å². The number of aryl methyl sites for hydroxylation is 1. The number of H-pyrrole nitrogens is 1. The third-order valence-corrected chi connectivity index (χ3v) is 5.53. The molecule has 0 amide bonds. The van der Waals surface area contributed by atoms with Gasteiger partial charge in [-0.15, -0.1) is 11.8 Å². The number of aromatic nitrogens is 1. The number of fused-ring (bicyclic) bond motifs is 1. The molecule has 0 spiro atoms. The summed E-state index contributed by atoms with van der Waals surface area (Å²) in [7, 11) is 0. The molecule has 1 aromatic carbocycles. The Hall–Kier alpha value is -2.21. The Balaban J connectivity index is 1.79. The predicted molar refractivity (Wildman–Crippen MR) is 102 cm³/mol. The second kappa shape index (κ2) is 7.58. The molecule has 26 heavy (non-hydrogen) atoms. The summed E-state index contributed by atoms with van der Waals surface area (Å²) in [5, 5.41) is -0.295. The van der Waals surface area contributed by atoms with E-state index in [-0.39, 0.29) is 16.8 Å². The van der Waals surface area contributed by atoms with Crippen molar-refractivity contribution in [1.29, 1.82) is 0 Å². The van der Waals surface area contributed by atoms with E-state index in [9.17, 15) is 9.59 Å². The standard InChI is InChI=1S/C20H23NO4S/c1-11-18(13(3)22)12(2)21-19(11)20(23)14(4)26-15-6-7-16-17(10-15)25-9-5-8-24-16/h6-7,10,14,21H,5,8-9H2,1-4H3. The number of hydrogen-bond donors (Lipinski definition) is 1. The van der Waals surface area contributed by atoms with Crippen LogP contribution in [0.25, 0.3) is 0 Å². The van der Waals surface area contributed by atoms with Crippen molar-refractivity contribution in [2.45, 2.75) is 44.3 Å². The zero-order valence-electron chi connectivity index (χ0n) is 15.5. The molecular weight excluding hydrogens is 350 g/mol. The number of benzene rings is 1. The topological polar surface area (TPSA) is 68.4 Å². The summed E-state index contributed by atoms with van der Waals surface area (Å²) in [5.41, 5.74) is 2.60. The average molecular weight is 373 g/mol. The lowest BCUT2D eigenvalue weighted by Gasteiger charge is -2.13. The van der Waals surface area contributed by atoms with Crippen LogP contribution in [0.15, 0.2) is 23.1 Å². The van der Waals surface area contributed by atoms with E-state index in [0.717, 1.165) is 34.1 Å². The normalized spacial score (nSPS) is 14.6. The summed E-state index contributed by atoms with van der Waals surface area (Å²) in [5.74, 6) is 1.42. The molecule has 2 heterocycles. The van der Waals surface area contributed by atoms with Crippen molar-refractivity contribution in [1.82, 2.24) is 4.98 Å². The molecule has 0 bridgehead atoms. The van der Waals surface area contributed by atoms with E-state index in [0.29, 0.717) is 24.5 Å². The Morgan fingerprint density at radius 3 is 2.50 bits per heavy atom. The number of carbonyl (C=O) groups excluding carboxylic acids is 2. The van der Waals surface area contributed by atoms with E-state index >= 15 is 0 Å². The quantitative estimate of drug-likeness (QED) is 0.623. The number of nitrogens with one attached hydrogen (secondary N) is 1. The number of Topliss-reactive ketones (excluding diaryl/α,β-unsaturated/α-hetero) is 2. The second-order valence-electron chi connectivity index (χ2n) is 6.46. The van der Waals surface area contributed by atoms with E-state index in [4.69, 9.17) is 9.47 Å². The van der Waals surface area contributed by atoms with Gasteiger partial charge in [-0.05, 0) is 51.5 Å². The summed E-state index contributed by atoms with van der Waals surface area (Å²) >= 11 is 1.47. The summed E-state index contributed by atoms with van der Waals surface area (Å²) in [6.07, 6.45) is 0.857. The van der Waals surface area contributed by atoms with Gasteiger partial charge in [0.25, 0.3) is 0 Å². The Kier molecular flexibility index (Phi) is 5.41. The van der Waals surface area contributed by atoms with Crippen LogP contribution in [0.4, 0.5) is 0 Å². The van der Waals surface area contributed by atoms with E-state index in [1.807, 2.05) is 39.0 Å². The highest BCUT2D eigenvalue weighted by atomic mass is 32.2. The van der Waals surface area contributed by atoms with Crippen molar-refractivity contribution < 1.29 is 19.1 Å². The first-order valence-corrected chi connectivity index (χ1v) is 9.57. The van der Waals surface area contributed by atoms with Crippen LogP contribution in [-0.2, 0) is 0 Å². The Morgan fingerprint density at radius 1 is 1.15 bits per heavy atom. The summed E-state index contributed by atoms with van der Waals surface area (Å²) in [6.45, 7) is 8.32. The molecule has 6 heteroatoms. The van der Waals surface area contributed by atoms with Crippen molar-refractivity contribution in [3.05, 3.63) is 40.7 Å². The van der Waals surface area contributed by atoms with E-state index in [1.165, 1.54) is 18.7 Å². The van der Waals surface area contributed by atoms with Gasteiger partial charge < -0.3 is 14.5 Å². The van der Waals surface area contributed by atoms with Gasteiger partial charge in [0.15, 0.2) is 23.1 Å². The first-order chi connectivity index (χ1) is 12.4. The molecular formula is C20H23NO4S. The van der Waals surface area contributed by atoms with Crippen LogP contribution in [0.3, 0.4) is 0 Å². The molecule has 1 aliphatic heterocycles. The molecule has 3 rings (SSSR count). The van der Waals surface area contributed by atoms with E-state index in [2.05, 4.69) is 4.98 Å². The van der Waals surface area contributed by atoms with Gasteiger partial charge in [0.2, 0.25) is 0 Å². The molecule has 2 aromatic rings. The van der Waals surface area contributed by atoms with Crippen molar-refractivity contribution in [3.63, 3.8) is 0 Å². The maximum absolute atomic E-state index is 12.9. The summed E-state index contributed by atoms with van der Waals surface area (Å²) < 4.78 is 11.4. The largest absolute Gasteiger partial charge is 0.490 e. The van der Waals surface area contributed by atoms with Crippen LogP contribution < -0.4 is 9.47 Å². The zero-order chi connectivity index (χ0) is 18.8. The van der Waals surface area contributed by atoms with Crippen molar-refractivity contribution in [3.8, 4) is 11.5 Å². The number of rotatable bonds is 5. The van der Waals surface area contributed by atoms with Crippen molar-refractivity contribution >= 4 is 23.3 Å². The smallest absolute Gasteiger partial charge is 0.192 e. The molecule has 1 atom stereocenters. The molecule has 0 radical (unpaired) electrons. The zero-order valence-corrected chi connectivity index (χ0v) is 16.3. The fourth-order valence-electron chi connectivity index (χ4n) is 3.20. The lowest BCUT2D eigenvalue weighted by Crippen LogP contribution is -2.15. The molecule has 5 nitrogen and oxygen atoms in total. The highest BCUT2D eigenvalue weighted by Crippen LogP contribution is 2.36. The van der Waals surface area contributed by atoms with Gasteiger partial charge in [-0.1, -0.05) is 0 Å². The first kappa shape index (κ1) is 18.6. The summed E-state index contributed by atoms with van der Waals surface area (Å²) in [4.78, 5) is 28.7. The average Bonchev–Trinajstić information content (AvgIpc) is 2.76. The van der Waals surface area contributed by atoms with Crippen molar-refractivity contribution in [2.24, 2.45) is 0 Å². The van der Waals surface area contributed by atoms with Crippen LogP contribution in [0, 0.1) is 13.8 Å². The first-order valence-electron chi connectivity index (χ1n) is 8.69. The minimum absolute atomic E-state index is 0.0183. The molecule has 1 unspecified atom stereocenters. The second-order valence-corrected chi connectivity index (χ2v) is 7.88. The van der Waals surface area contributed by atoms with Gasteiger partial charge in [-0.2, -0.15) is 0 Å². The fourth-order valence-corrected chi connectivity index (χ4v) is 4.16. The fraction of sp³-hybridized carbons (Fsp3) is 0.400. The summed E-state index contributed by atoms with van der Waals surface area (Å²) in [6, 6.07) is 5.75. The highest BCUT2D eigenvalue weighted by molar-refractivity contribution is 8.00. The van der Waals surface area contributed by atoms with E-state index < -0.39 is 0 Å². The van der Waals surface area contributed by atoms with Gasteiger partial charge >= 0.3 is 0 Å². The van der Waals surface area contributed by atoms with Crippen molar-refractivity contribution in [2.75, 3.05) is 13.2 Å². The highest BCUT2D eigenvalue weighted by Gasteiger charge is 2.24. The maximum atomic E-state index is 12.9. The Labute approximate surface area is 157 Å². The number of carbonyl (C=O) groups is 2. The van der Waals surface area contributed by atoms with Crippen LogP contribution in [0.1, 0.15) is 52.4 Å². The molecule has 138 valence electrons. The van der Waals surface area contributed by atoms with Crippen LogP contribution >= 0.6 is 11.8 Å². The minimum Gasteiger partial charge on any atom is -0.490 e. The monoisotopic (exact) mass is 373 g/mol. The third kappa shape index (κ3) is 3.65. The number of thioether (sulfide) groups is 1. The molecule has 0 saturated carbocycles. The van der Waals surface area contributed by atoms with Crippen LogP contribution in [0.2, 0.25) is 0 Å². The lowest BCUT2D eigenvalue weighted by molar-refractivity contribution is 0.0988. The van der Waals surface area contributed by atoms with Crippen LogP contribution in [-0.4, -0.2) is 35.0 Å². The third-order valence-electron chi connectivity index (χ3n) is 4.44. The minimum atomic E-state index is -0.295. The van der Waals surface area contributed by atoms with Gasteiger partial charge in [0.1, 0.15) is 0 Å². The molecule has 0 saturated heterocycles. The molecule has 1 aromatic heterocycles. The molecule has 0 aliphatic carbocycles. The predicted octanol–water partition coefficient (Wildman–Crippen LogP) is 4.36. The maximum Gasteiger partial charge on any atom is 0.192 e. The number of ether oxygens (including phenoxy) is 2. The lowest BCUT2D eigenvalue weighted by atomic mass is 10.0. The van der Waals surface area contributed by atoms with Gasteiger partial charge in [-0.25, -0.2) is 0 Å². The molecule has 1 aliphatic rings. The number of ketones is 2. The van der Waals surface area contributed by atoms with Gasteiger partial charge in [0, 0.05) is 22.6 Å².